The average molecular weight is 327 g/mol. The van der Waals surface area contributed by atoms with Gasteiger partial charge in [-0.3, -0.25) is 0 Å². The number of aromatic nitrogens is 1. The van der Waals surface area contributed by atoms with Gasteiger partial charge in [0.05, 0.1) is 5.02 Å². The van der Waals surface area contributed by atoms with Crippen LogP contribution in [0, 0.1) is 11.3 Å². The summed E-state index contributed by atoms with van der Waals surface area (Å²) in [5, 5.41) is 5.95. The number of hydrogen-bond acceptors (Lipinski definition) is 3. The molecule has 4 heteroatoms. The Morgan fingerprint density at radius 3 is 2.76 bits per heavy atom. The van der Waals surface area contributed by atoms with E-state index >= 15 is 0 Å². The molecule has 2 rings (SSSR count). The Morgan fingerprint density at radius 2 is 2.14 bits per heavy atom. The van der Waals surface area contributed by atoms with E-state index in [2.05, 4.69) is 38.0 Å². The summed E-state index contributed by atoms with van der Waals surface area (Å²) in [7, 11) is 0. The number of thioether (sulfide) groups is 1. The Morgan fingerprint density at radius 1 is 1.38 bits per heavy atom. The molecule has 0 spiro atoms. The lowest BCUT2D eigenvalue weighted by Gasteiger charge is -2.41. The predicted molar refractivity (Wildman–Crippen MR) is 93.2 cm³/mol. The fourth-order valence-electron chi connectivity index (χ4n) is 3.14. The van der Waals surface area contributed by atoms with E-state index in [0.717, 1.165) is 22.5 Å². The van der Waals surface area contributed by atoms with Crippen LogP contribution >= 0.6 is 23.4 Å². The van der Waals surface area contributed by atoms with Gasteiger partial charge in [0.15, 0.2) is 0 Å². The zero-order valence-electron chi connectivity index (χ0n) is 13.5. The molecule has 0 bridgehead atoms. The van der Waals surface area contributed by atoms with Gasteiger partial charge in [-0.25, -0.2) is 4.98 Å². The maximum atomic E-state index is 6.29. The maximum Gasteiger partial charge on any atom is 0.115 e. The van der Waals surface area contributed by atoms with E-state index in [1.54, 1.807) is 0 Å². The highest BCUT2D eigenvalue weighted by atomic mass is 35.5. The van der Waals surface area contributed by atoms with Crippen LogP contribution in [-0.2, 0) is 0 Å². The number of halogens is 1. The third-order valence-corrected chi connectivity index (χ3v) is 6.26. The fourth-order valence-corrected chi connectivity index (χ4v) is 4.71. The molecule has 3 atom stereocenters. The molecule has 0 aromatic carbocycles. The van der Waals surface area contributed by atoms with E-state index in [4.69, 9.17) is 11.6 Å². The fraction of sp³-hybridized carbons (Fsp3) is 0.706. The molecule has 0 aliphatic heterocycles. The van der Waals surface area contributed by atoms with E-state index in [1.165, 1.54) is 19.3 Å². The Bertz CT molecular complexity index is 458. The summed E-state index contributed by atoms with van der Waals surface area (Å²) in [6.45, 7) is 10.3. The van der Waals surface area contributed by atoms with Gasteiger partial charge in [-0.2, -0.15) is 0 Å². The first kappa shape index (κ1) is 17.1. The van der Waals surface area contributed by atoms with Crippen molar-refractivity contribution in [1.29, 1.82) is 0 Å². The SMILES string of the molecule is CCNC1CCC(C(C)(C)C)CC1Sc1ncccc1Cl. The third-order valence-electron chi connectivity index (χ3n) is 4.47. The molecule has 3 unspecified atom stereocenters. The first-order valence-corrected chi connectivity index (χ1v) is 9.18. The highest BCUT2D eigenvalue weighted by Crippen LogP contribution is 2.43. The molecular weight excluding hydrogens is 300 g/mol. The normalized spacial score (nSPS) is 26.8. The molecule has 1 fully saturated rings. The molecule has 0 saturated heterocycles. The van der Waals surface area contributed by atoms with Crippen LogP contribution in [0.2, 0.25) is 5.02 Å². The number of pyridine rings is 1. The van der Waals surface area contributed by atoms with Crippen LogP contribution in [-0.4, -0.2) is 22.8 Å². The van der Waals surface area contributed by atoms with Crippen LogP contribution in [0.25, 0.3) is 0 Å². The summed E-state index contributed by atoms with van der Waals surface area (Å²) in [5.41, 5.74) is 0.379. The van der Waals surface area contributed by atoms with E-state index in [0.29, 0.717) is 16.7 Å². The van der Waals surface area contributed by atoms with Gasteiger partial charge >= 0.3 is 0 Å². The molecule has 21 heavy (non-hydrogen) atoms. The van der Waals surface area contributed by atoms with Gasteiger partial charge in [0, 0.05) is 17.5 Å². The standard InChI is InChI=1S/C17H27ClN2S/c1-5-19-14-9-8-12(17(2,3)4)11-15(14)21-16-13(18)7-6-10-20-16/h6-7,10,12,14-15,19H,5,8-9,11H2,1-4H3. The van der Waals surface area contributed by atoms with Crippen molar-refractivity contribution in [2.24, 2.45) is 11.3 Å². The molecule has 118 valence electrons. The first-order chi connectivity index (χ1) is 9.91. The summed E-state index contributed by atoms with van der Waals surface area (Å²) < 4.78 is 0. The largest absolute Gasteiger partial charge is 0.313 e. The summed E-state index contributed by atoms with van der Waals surface area (Å²) in [5.74, 6) is 0.771. The zero-order valence-corrected chi connectivity index (χ0v) is 15.1. The van der Waals surface area contributed by atoms with Crippen LogP contribution in [0.4, 0.5) is 0 Å². The molecule has 1 N–H and O–H groups in total. The summed E-state index contributed by atoms with van der Waals surface area (Å²) in [6, 6.07) is 4.40. The monoisotopic (exact) mass is 326 g/mol. The van der Waals surface area contributed by atoms with Crippen molar-refractivity contribution >= 4 is 23.4 Å². The number of nitrogens with one attached hydrogen (secondary N) is 1. The van der Waals surface area contributed by atoms with Crippen LogP contribution in [0.1, 0.15) is 47.0 Å². The quantitative estimate of drug-likeness (QED) is 0.841. The predicted octanol–water partition coefficient (Wildman–Crippen LogP) is 5.02. The van der Waals surface area contributed by atoms with Crippen LogP contribution in [0.15, 0.2) is 23.4 Å². The smallest absolute Gasteiger partial charge is 0.115 e. The molecule has 1 aromatic heterocycles. The minimum Gasteiger partial charge on any atom is -0.313 e. The van der Waals surface area contributed by atoms with Crippen molar-refractivity contribution in [2.45, 2.75) is 63.3 Å². The van der Waals surface area contributed by atoms with Crippen molar-refractivity contribution in [1.82, 2.24) is 10.3 Å². The van der Waals surface area contributed by atoms with Crippen molar-refractivity contribution in [3.8, 4) is 0 Å². The first-order valence-electron chi connectivity index (χ1n) is 7.92. The summed E-state index contributed by atoms with van der Waals surface area (Å²) >= 11 is 8.14. The van der Waals surface area contributed by atoms with Gasteiger partial charge in [-0.15, -0.1) is 0 Å². The molecule has 0 amide bonds. The van der Waals surface area contributed by atoms with Crippen molar-refractivity contribution in [3.05, 3.63) is 23.4 Å². The van der Waals surface area contributed by atoms with Crippen LogP contribution in [0.5, 0.6) is 0 Å². The van der Waals surface area contributed by atoms with Gasteiger partial charge in [-0.05, 0) is 49.3 Å². The highest BCUT2D eigenvalue weighted by Gasteiger charge is 2.36. The molecule has 1 saturated carbocycles. The Labute approximate surface area is 138 Å². The lowest BCUT2D eigenvalue weighted by atomic mass is 9.71. The van der Waals surface area contributed by atoms with Gasteiger partial charge in [0.1, 0.15) is 5.03 Å². The lowest BCUT2D eigenvalue weighted by molar-refractivity contribution is 0.165. The topological polar surface area (TPSA) is 24.9 Å². The highest BCUT2D eigenvalue weighted by molar-refractivity contribution is 8.00. The van der Waals surface area contributed by atoms with E-state index < -0.39 is 0 Å². The number of hydrogen-bond donors (Lipinski definition) is 1. The van der Waals surface area contributed by atoms with Crippen LogP contribution < -0.4 is 5.32 Å². The molecule has 1 aliphatic rings. The van der Waals surface area contributed by atoms with E-state index in [1.807, 2.05) is 30.1 Å². The summed E-state index contributed by atoms with van der Waals surface area (Å²) in [4.78, 5) is 4.46. The van der Waals surface area contributed by atoms with Crippen molar-refractivity contribution in [2.75, 3.05) is 6.54 Å². The van der Waals surface area contributed by atoms with Crippen molar-refractivity contribution in [3.63, 3.8) is 0 Å². The molecule has 0 radical (unpaired) electrons. The maximum absolute atomic E-state index is 6.29. The zero-order chi connectivity index (χ0) is 15.5. The summed E-state index contributed by atoms with van der Waals surface area (Å²) in [6.07, 6.45) is 5.63. The second kappa shape index (κ2) is 7.34. The van der Waals surface area contributed by atoms with Crippen LogP contribution in [0.3, 0.4) is 0 Å². The second-order valence-electron chi connectivity index (χ2n) is 6.99. The van der Waals surface area contributed by atoms with E-state index in [-0.39, 0.29) is 0 Å². The Kier molecular flexibility index (Phi) is 5.98. The molecule has 1 aromatic rings. The molecule has 1 aliphatic carbocycles. The minimum absolute atomic E-state index is 0.379. The van der Waals surface area contributed by atoms with Gasteiger partial charge in [0.25, 0.3) is 0 Å². The Balaban J connectivity index is 2.12. The number of rotatable bonds is 4. The minimum atomic E-state index is 0.379. The second-order valence-corrected chi connectivity index (χ2v) is 8.62. The van der Waals surface area contributed by atoms with Crippen molar-refractivity contribution < 1.29 is 0 Å². The molecule has 2 nitrogen and oxygen atoms in total. The van der Waals surface area contributed by atoms with E-state index in [9.17, 15) is 0 Å². The van der Waals surface area contributed by atoms with Gasteiger partial charge < -0.3 is 5.32 Å². The average Bonchev–Trinajstić information content (AvgIpc) is 2.42. The Hall–Kier alpha value is -0.250. The third kappa shape index (κ3) is 4.61. The molecule has 1 heterocycles. The van der Waals surface area contributed by atoms with Gasteiger partial charge in [-0.1, -0.05) is 51.1 Å². The molecular formula is C17H27ClN2S. The van der Waals surface area contributed by atoms with Gasteiger partial charge in [0.2, 0.25) is 0 Å². The lowest BCUT2D eigenvalue weighted by Crippen LogP contribution is -2.44. The number of nitrogens with zero attached hydrogens (tertiary/aromatic N) is 1.